The monoisotopic (exact) mass is 351 g/mol. The van der Waals surface area contributed by atoms with Gasteiger partial charge in [-0.25, -0.2) is 9.29 Å². The van der Waals surface area contributed by atoms with Gasteiger partial charge in [0.25, 0.3) is 5.91 Å². The lowest BCUT2D eigenvalue weighted by Gasteiger charge is -2.15. The van der Waals surface area contributed by atoms with Crippen LogP contribution in [0.2, 0.25) is 10.0 Å². The summed E-state index contributed by atoms with van der Waals surface area (Å²) in [5.41, 5.74) is 0.226. The highest BCUT2D eigenvalue weighted by molar-refractivity contribution is 6.46. The van der Waals surface area contributed by atoms with Crippen molar-refractivity contribution in [2.45, 2.75) is 0 Å². The molecule has 0 saturated carbocycles. The maximum atomic E-state index is 13.0. The molecule has 0 aliphatic carbocycles. The normalized spacial score (nSPS) is 14.8. The van der Waals surface area contributed by atoms with Gasteiger partial charge in [0.2, 0.25) is 0 Å². The largest absolute Gasteiger partial charge is 0.502 e. The first-order valence-electron chi connectivity index (χ1n) is 6.43. The molecule has 2 amide bonds. The number of aliphatic hydroxyl groups excluding tert-OH is 1. The lowest BCUT2D eigenvalue weighted by atomic mass is 10.1. The maximum Gasteiger partial charge on any atom is 0.301 e. The van der Waals surface area contributed by atoms with E-state index in [1.165, 1.54) is 30.3 Å². The summed E-state index contributed by atoms with van der Waals surface area (Å²) in [6, 6.07) is 9.11. The second-order valence-corrected chi connectivity index (χ2v) is 5.59. The van der Waals surface area contributed by atoms with Gasteiger partial charge in [0.15, 0.2) is 5.76 Å². The SMILES string of the molecule is O=C1C(O)=C(c2ccc(F)cc2)C(=O)N1c1ccc(Cl)c(Cl)c1. The summed E-state index contributed by atoms with van der Waals surface area (Å²) >= 11 is 11.7. The van der Waals surface area contributed by atoms with E-state index in [4.69, 9.17) is 23.2 Å². The minimum atomic E-state index is -0.882. The van der Waals surface area contributed by atoms with Crippen LogP contribution in [-0.4, -0.2) is 16.9 Å². The van der Waals surface area contributed by atoms with Crippen molar-refractivity contribution in [3.8, 4) is 0 Å². The van der Waals surface area contributed by atoms with Crippen LogP contribution in [0.5, 0.6) is 0 Å². The molecular weight excluding hydrogens is 344 g/mol. The second-order valence-electron chi connectivity index (χ2n) is 4.77. The van der Waals surface area contributed by atoms with Gasteiger partial charge in [0.05, 0.1) is 21.3 Å². The van der Waals surface area contributed by atoms with E-state index in [2.05, 4.69) is 0 Å². The summed E-state index contributed by atoms with van der Waals surface area (Å²) in [4.78, 5) is 25.5. The topological polar surface area (TPSA) is 57.6 Å². The molecule has 0 bridgehead atoms. The summed E-state index contributed by atoms with van der Waals surface area (Å²) in [5.74, 6) is -2.80. The number of benzene rings is 2. The molecule has 0 saturated heterocycles. The molecule has 0 spiro atoms. The Balaban J connectivity index is 2.05. The molecule has 1 aliphatic heterocycles. The van der Waals surface area contributed by atoms with E-state index >= 15 is 0 Å². The van der Waals surface area contributed by atoms with Gasteiger partial charge in [-0.3, -0.25) is 9.59 Å². The van der Waals surface area contributed by atoms with Crippen molar-refractivity contribution in [1.29, 1.82) is 0 Å². The van der Waals surface area contributed by atoms with Crippen LogP contribution in [0, 0.1) is 5.82 Å². The van der Waals surface area contributed by atoms with E-state index in [9.17, 15) is 19.1 Å². The number of imide groups is 1. The lowest BCUT2D eigenvalue weighted by Crippen LogP contribution is -2.31. The van der Waals surface area contributed by atoms with Gasteiger partial charge >= 0.3 is 5.91 Å². The van der Waals surface area contributed by atoms with Crippen molar-refractivity contribution in [1.82, 2.24) is 0 Å². The molecule has 0 fully saturated rings. The Morgan fingerprint density at radius 3 is 2.17 bits per heavy atom. The average Bonchev–Trinajstić information content (AvgIpc) is 2.74. The first-order chi connectivity index (χ1) is 10.9. The van der Waals surface area contributed by atoms with Crippen LogP contribution in [0.1, 0.15) is 5.56 Å². The number of nitrogens with zero attached hydrogens (tertiary/aromatic N) is 1. The Hall–Kier alpha value is -2.37. The molecular formula is C16H8Cl2FNO3. The average molecular weight is 352 g/mol. The van der Waals surface area contributed by atoms with Crippen LogP contribution < -0.4 is 4.90 Å². The van der Waals surface area contributed by atoms with E-state index in [0.29, 0.717) is 0 Å². The molecule has 4 nitrogen and oxygen atoms in total. The van der Waals surface area contributed by atoms with Gasteiger partial charge in [-0.2, -0.15) is 0 Å². The van der Waals surface area contributed by atoms with E-state index in [-0.39, 0.29) is 26.9 Å². The predicted octanol–water partition coefficient (Wildman–Crippen LogP) is 3.98. The summed E-state index contributed by atoms with van der Waals surface area (Å²) in [5, 5.41) is 10.5. The van der Waals surface area contributed by atoms with Crippen LogP contribution >= 0.6 is 23.2 Å². The maximum absolute atomic E-state index is 13.0. The van der Waals surface area contributed by atoms with Crippen molar-refractivity contribution in [3.05, 3.63) is 69.6 Å². The number of carbonyl (C=O) groups excluding carboxylic acids is 2. The van der Waals surface area contributed by atoms with Crippen molar-refractivity contribution in [2.75, 3.05) is 4.90 Å². The van der Waals surface area contributed by atoms with Crippen LogP contribution in [0.15, 0.2) is 48.2 Å². The van der Waals surface area contributed by atoms with E-state index in [1.807, 2.05) is 0 Å². The molecule has 116 valence electrons. The molecule has 23 heavy (non-hydrogen) atoms. The highest BCUT2D eigenvalue weighted by atomic mass is 35.5. The van der Waals surface area contributed by atoms with Crippen molar-refractivity contribution in [2.24, 2.45) is 0 Å². The number of aliphatic hydroxyl groups is 1. The van der Waals surface area contributed by atoms with Gasteiger partial charge in [0, 0.05) is 0 Å². The van der Waals surface area contributed by atoms with Gasteiger partial charge in [-0.15, -0.1) is 0 Å². The molecule has 0 radical (unpaired) electrons. The Kier molecular flexibility index (Phi) is 3.83. The summed E-state index contributed by atoms with van der Waals surface area (Å²) in [6.07, 6.45) is 0. The number of amides is 2. The van der Waals surface area contributed by atoms with Gasteiger partial charge in [0.1, 0.15) is 5.82 Å². The van der Waals surface area contributed by atoms with Gasteiger partial charge in [-0.05, 0) is 35.9 Å². The number of hydrogen-bond donors (Lipinski definition) is 1. The highest BCUT2D eigenvalue weighted by Gasteiger charge is 2.40. The minimum Gasteiger partial charge on any atom is -0.502 e. The van der Waals surface area contributed by atoms with Crippen LogP contribution in [0.25, 0.3) is 5.57 Å². The van der Waals surface area contributed by atoms with E-state index < -0.39 is 23.4 Å². The number of hydrogen-bond acceptors (Lipinski definition) is 3. The van der Waals surface area contributed by atoms with Crippen LogP contribution in [0.3, 0.4) is 0 Å². The van der Waals surface area contributed by atoms with Gasteiger partial charge in [-0.1, -0.05) is 35.3 Å². The van der Waals surface area contributed by atoms with Crippen LogP contribution in [-0.2, 0) is 9.59 Å². The number of anilines is 1. The Morgan fingerprint density at radius 1 is 0.913 bits per heavy atom. The Bertz CT molecular complexity index is 862. The highest BCUT2D eigenvalue weighted by Crippen LogP contribution is 2.34. The smallest absolute Gasteiger partial charge is 0.301 e. The predicted molar refractivity (Wildman–Crippen MR) is 84.9 cm³/mol. The standard InChI is InChI=1S/C16H8Cl2FNO3/c17-11-6-5-10(7-12(11)18)20-15(22)13(14(21)16(20)23)8-1-3-9(19)4-2-8/h1-7,21H. The molecule has 7 heteroatoms. The Labute approximate surface area is 140 Å². The zero-order valence-electron chi connectivity index (χ0n) is 11.4. The third kappa shape index (κ3) is 2.58. The molecule has 0 atom stereocenters. The molecule has 2 aromatic rings. The number of carbonyl (C=O) groups is 2. The number of rotatable bonds is 2. The summed E-state index contributed by atoms with van der Waals surface area (Å²) in [7, 11) is 0. The molecule has 2 aromatic carbocycles. The molecule has 0 unspecified atom stereocenters. The zero-order valence-corrected chi connectivity index (χ0v) is 12.9. The fourth-order valence-electron chi connectivity index (χ4n) is 2.25. The first kappa shape index (κ1) is 15.5. The third-order valence-electron chi connectivity index (χ3n) is 3.35. The van der Waals surface area contributed by atoms with Crippen molar-refractivity contribution >= 4 is 46.3 Å². The van der Waals surface area contributed by atoms with Gasteiger partial charge < -0.3 is 5.11 Å². The van der Waals surface area contributed by atoms with Crippen LogP contribution in [0.4, 0.5) is 10.1 Å². The molecule has 1 aliphatic rings. The Morgan fingerprint density at radius 2 is 1.57 bits per heavy atom. The molecule has 0 aromatic heterocycles. The molecule has 1 N–H and O–H groups in total. The summed E-state index contributed by atoms with van der Waals surface area (Å²) < 4.78 is 13.0. The zero-order chi connectivity index (χ0) is 16.7. The van der Waals surface area contributed by atoms with Crippen molar-refractivity contribution in [3.63, 3.8) is 0 Å². The fourth-order valence-corrected chi connectivity index (χ4v) is 2.55. The quantitative estimate of drug-likeness (QED) is 0.832. The molecule has 1 heterocycles. The third-order valence-corrected chi connectivity index (χ3v) is 4.09. The minimum absolute atomic E-state index is 0.166. The van der Waals surface area contributed by atoms with Crippen molar-refractivity contribution < 1.29 is 19.1 Å². The summed E-state index contributed by atoms with van der Waals surface area (Å²) in [6.45, 7) is 0. The first-order valence-corrected chi connectivity index (χ1v) is 7.18. The second kappa shape index (κ2) is 5.68. The van der Waals surface area contributed by atoms with E-state index in [1.54, 1.807) is 0 Å². The van der Waals surface area contributed by atoms with E-state index in [0.717, 1.165) is 17.0 Å². The number of halogens is 3. The lowest BCUT2D eigenvalue weighted by molar-refractivity contribution is -0.121. The fraction of sp³-hybridized carbons (Fsp3) is 0. The molecule has 3 rings (SSSR count).